The lowest BCUT2D eigenvalue weighted by atomic mass is 10.1. The Hall–Kier alpha value is -0.980. The maximum Gasteiger partial charge on any atom is 0.122 e. The second kappa shape index (κ2) is 3.41. The van der Waals surface area contributed by atoms with Crippen molar-refractivity contribution in [2.24, 2.45) is 5.92 Å². The second-order valence-corrected chi connectivity index (χ2v) is 4.02. The van der Waals surface area contributed by atoms with Crippen molar-refractivity contribution in [1.82, 2.24) is 0 Å². The summed E-state index contributed by atoms with van der Waals surface area (Å²) in [7, 11) is 0. The van der Waals surface area contributed by atoms with Gasteiger partial charge in [0.25, 0.3) is 0 Å². The van der Waals surface area contributed by atoms with E-state index >= 15 is 0 Å². The number of aryl methyl sites for hydroxylation is 2. The highest BCUT2D eigenvalue weighted by Gasteiger charge is 2.22. The first-order valence-corrected chi connectivity index (χ1v) is 4.96. The first-order chi connectivity index (χ1) is 6.25. The average Bonchev–Trinajstić information content (AvgIpc) is 2.86. The van der Waals surface area contributed by atoms with Gasteiger partial charge in [-0.2, -0.15) is 0 Å². The molecule has 0 bridgehead atoms. The lowest BCUT2D eigenvalue weighted by molar-refractivity contribution is 0.298. The summed E-state index contributed by atoms with van der Waals surface area (Å²) in [4.78, 5) is 0. The number of hydrogen-bond donors (Lipinski definition) is 0. The zero-order valence-electron chi connectivity index (χ0n) is 8.34. The van der Waals surface area contributed by atoms with Crippen molar-refractivity contribution in [2.75, 3.05) is 6.61 Å². The van der Waals surface area contributed by atoms with E-state index in [-0.39, 0.29) is 0 Å². The Morgan fingerprint density at radius 2 is 2.08 bits per heavy atom. The fraction of sp³-hybridized carbons (Fsp3) is 0.500. The minimum absolute atomic E-state index is 0.834. The lowest BCUT2D eigenvalue weighted by Crippen LogP contribution is -2.00. The van der Waals surface area contributed by atoms with Crippen LogP contribution in [0.3, 0.4) is 0 Å². The molecule has 1 aliphatic carbocycles. The molecule has 0 amide bonds. The summed E-state index contributed by atoms with van der Waals surface area (Å²) in [6.45, 7) is 5.12. The fourth-order valence-corrected chi connectivity index (χ4v) is 1.45. The Labute approximate surface area is 79.7 Å². The van der Waals surface area contributed by atoms with Gasteiger partial charge in [0.2, 0.25) is 0 Å². The van der Waals surface area contributed by atoms with Gasteiger partial charge in [-0.15, -0.1) is 0 Å². The van der Waals surface area contributed by atoms with Gasteiger partial charge >= 0.3 is 0 Å². The van der Waals surface area contributed by atoms with E-state index in [1.54, 1.807) is 0 Å². The predicted molar refractivity (Wildman–Crippen MR) is 54.1 cm³/mol. The van der Waals surface area contributed by atoms with Gasteiger partial charge in [-0.25, -0.2) is 0 Å². The van der Waals surface area contributed by atoms with Crippen molar-refractivity contribution in [1.29, 1.82) is 0 Å². The molecular formula is C12H16O. The van der Waals surface area contributed by atoms with Crippen LogP contribution in [0.2, 0.25) is 0 Å². The van der Waals surface area contributed by atoms with Crippen LogP contribution in [0.1, 0.15) is 24.0 Å². The standard InChI is InChI=1S/C12H16O/c1-9-3-6-12(10(2)7-9)13-8-11-4-5-11/h3,6-7,11H,4-5,8H2,1-2H3. The van der Waals surface area contributed by atoms with E-state index in [4.69, 9.17) is 4.74 Å². The Balaban J connectivity index is 2.01. The molecule has 70 valence electrons. The van der Waals surface area contributed by atoms with Crippen LogP contribution in [0.15, 0.2) is 18.2 Å². The third-order valence-electron chi connectivity index (χ3n) is 2.50. The largest absolute Gasteiger partial charge is 0.493 e. The quantitative estimate of drug-likeness (QED) is 0.687. The van der Waals surface area contributed by atoms with E-state index in [0.29, 0.717) is 0 Å². The topological polar surface area (TPSA) is 9.23 Å². The molecule has 0 atom stereocenters. The van der Waals surface area contributed by atoms with Crippen molar-refractivity contribution >= 4 is 0 Å². The monoisotopic (exact) mass is 176 g/mol. The van der Waals surface area contributed by atoms with Gasteiger partial charge in [-0.05, 0) is 44.2 Å². The summed E-state index contributed by atoms with van der Waals surface area (Å²) in [5, 5.41) is 0. The second-order valence-electron chi connectivity index (χ2n) is 4.02. The van der Waals surface area contributed by atoms with Gasteiger partial charge in [-0.3, -0.25) is 0 Å². The van der Waals surface area contributed by atoms with Gasteiger partial charge in [0.05, 0.1) is 6.61 Å². The molecule has 0 saturated heterocycles. The molecule has 1 fully saturated rings. The van der Waals surface area contributed by atoms with E-state index in [2.05, 4.69) is 32.0 Å². The van der Waals surface area contributed by atoms with Crippen LogP contribution in [0.5, 0.6) is 5.75 Å². The molecule has 2 rings (SSSR count). The first kappa shape index (κ1) is 8.61. The van der Waals surface area contributed by atoms with Gasteiger partial charge in [-0.1, -0.05) is 17.7 Å². The zero-order valence-corrected chi connectivity index (χ0v) is 8.34. The van der Waals surface area contributed by atoms with Crippen molar-refractivity contribution in [3.05, 3.63) is 29.3 Å². The van der Waals surface area contributed by atoms with Crippen molar-refractivity contribution in [3.63, 3.8) is 0 Å². The lowest BCUT2D eigenvalue weighted by Gasteiger charge is -2.08. The average molecular weight is 176 g/mol. The molecule has 0 radical (unpaired) electrons. The third-order valence-corrected chi connectivity index (χ3v) is 2.50. The summed E-state index contributed by atoms with van der Waals surface area (Å²) >= 11 is 0. The van der Waals surface area contributed by atoms with Crippen molar-refractivity contribution in [2.45, 2.75) is 26.7 Å². The van der Waals surface area contributed by atoms with Crippen LogP contribution in [0, 0.1) is 19.8 Å². The Morgan fingerprint density at radius 3 is 2.69 bits per heavy atom. The van der Waals surface area contributed by atoms with Crippen LogP contribution in [-0.2, 0) is 0 Å². The number of benzene rings is 1. The Bertz CT molecular complexity index is 300. The maximum absolute atomic E-state index is 5.72. The molecule has 1 aliphatic rings. The van der Waals surface area contributed by atoms with E-state index < -0.39 is 0 Å². The third kappa shape index (κ3) is 2.24. The fourth-order valence-electron chi connectivity index (χ4n) is 1.45. The Morgan fingerprint density at radius 1 is 1.31 bits per heavy atom. The molecular weight excluding hydrogens is 160 g/mol. The van der Waals surface area contributed by atoms with E-state index in [1.807, 2.05) is 0 Å². The van der Waals surface area contributed by atoms with Crippen LogP contribution in [0.4, 0.5) is 0 Å². The molecule has 0 heterocycles. The van der Waals surface area contributed by atoms with Crippen LogP contribution < -0.4 is 4.74 Å². The molecule has 1 aromatic rings. The highest BCUT2D eigenvalue weighted by atomic mass is 16.5. The van der Waals surface area contributed by atoms with Gasteiger partial charge in [0.15, 0.2) is 0 Å². The molecule has 0 N–H and O–H groups in total. The van der Waals surface area contributed by atoms with Crippen LogP contribution in [-0.4, -0.2) is 6.61 Å². The SMILES string of the molecule is Cc1ccc(OCC2CC2)c(C)c1. The summed E-state index contributed by atoms with van der Waals surface area (Å²) in [5.41, 5.74) is 2.55. The molecule has 1 aromatic carbocycles. The molecule has 0 aromatic heterocycles. The summed E-state index contributed by atoms with van der Waals surface area (Å²) in [5.74, 6) is 1.89. The molecule has 1 nitrogen and oxygen atoms in total. The van der Waals surface area contributed by atoms with Gasteiger partial charge < -0.3 is 4.74 Å². The number of hydrogen-bond acceptors (Lipinski definition) is 1. The van der Waals surface area contributed by atoms with Crippen molar-refractivity contribution in [3.8, 4) is 5.75 Å². The number of ether oxygens (including phenoxy) is 1. The Kier molecular flexibility index (Phi) is 2.26. The molecule has 1 heteroatoms. The van der Waals surface area contributed by atoms with Crippen LogP contribution in [0.25, 0.3) is 0 Å². The van der Waals surface area contributed by atoms with E-state index in [0.717, 1.165) is 18.3 Å². The van der Waals surface area contributed by atoms with E-state index in [1.165, 1.54) is 24.0 Å². The molecule has 0 spiro atoms. The van der Waals surface area contributed by atoms with Gasteiger partial charge in [0, 0.05) is 0 Å². The minimum Gasteiger partial charge on any atom is -0.493 e. The molecule has 0 unspecified atom stereocenters. The normalized spacial score (nSPS) is 15.8. The molecule has 0 aliphatic heterocycles. The minimum atomic E-state index is 0.834. The smallest absolute Gasteiger partial charge is 0.122 e. The highest BCUT2D eigenvalue weighted by Crippen LogP contribution is 2.30. The predicted octanol–water partition coefficient (Wildman–Crippen LogP) is 3.09. The van der Waals surface area contributed by atoms with Crippen molar-refractivity contribution < 1.29 is 4.74 Å². The zero-order chi connectivity index (χ0) is 9.26. The summed E-state index contributed by atoms with van der Waals surface area (Å²) in [6.07, 6.45) is 2.70. The summed E-state index contributed by atoms with van der Waals surface area (Å²) in [6, 6.07) is 6.35. The molecule has 13 heavy (non-hydrogen) atoms. The summed E-state index contributed by atoms with van der Waals surface area (Å²) < 4.78 is 5.72. The van der Waals surface area contributed by atoms with E-state index in [9.17, 15) is 0 Å². The van der Waals surface area contributed by atoms with Crippen LogP contribution >= 0.6 is 0 Å². The first-order valence-electron chi connectivity index (χ1n) is 4.96. The number of rotatable bonds is 3. The highest BCUT2D eigenvalue weighted by molar-refractivity contribution is 5.35. The molecule has 1 saturated carbocycles. The maximum atomic E-state index is 5.72. The van der Waals surface area contributed by atoms with Gasteiger partial charge in [0.1, 0.15) is 5.75 Å².